The zero-order valence-electron chi connectivity index (χ0n) is 9.93. The number of benzene rings is 1. The SMILES string of the molecule is CCCC[C@H](N)c1cccc(F)c1C(F)(F)F.Cl. The van der Waals surface area contributed by atoms with E-state index in [1.807, 2.05) is 6.92 Å². The summed E-state index contributed by atoms with van der Waals surface area (Å²) in [6.07, 6.45) is -2.73. The largest absolute Gasteiger partial charge is 0.419 e. The highest BCUT2D eigenvalue weighted by molar-refractivity contribution is 5.85. The van der Waals surface area contributed by atoms with Crippen LogP contribution >= 0.6 is 12.4 Å². The zero-order valence-corrected chi connectivity index (χ0v) is 10.7. The van der Waals surface area contributed by atoms with Crippen LogP contribution in [-0.4, -0.2) is 0 Å². The Morgan fingerprint density at radius 1 is 1.28 bits per heavy atom. The molecule has 0 saturated carbocycles. The number of alkyl halides is 3. The van der Waals surface area contributed by atoms with Gasteiger partial charge in [-0.25, -0.2) is 4.39 Å². The Labute approximate surface area is 110 Å². The molecule has 0 aromatic heterocycles. The van der Waals surface area contributed by atoms with Crippen molar-refractivity contribution >= 4 is 12.4 Å². The summed E-state index contributed by atoms with van der Waals surface area (Å²) in [6.45, 7) is 1.92. The molecule has 0 aliphatic rings. The molecule has 0 spiro atoms. The standard InChI is InChI=1S/C12H15F4N.ClH/c1-2-3-7-10(17)8-5-4-6-9(13)11(8)12(14,15)16;/h4-6,10H,2-3,7,17H2,1H3;1H/t10-;/m0./s1. The molecule has 0 radical (unpaired) electrons. The Hall–Kier alpha value is -0.810. The van der Waals surface area contributed by atoms with Gasteiger partial charge in [0.15, 0.2) is 0 Å². The van der Waals surface area contributed by atoms with Crippen molar-refractivity contribution < 1.29 is 17.6 Å². The molecule has 0 unspecified atom stereocenters. The van der Waals surface area contributed by atoms with Crippen molar-refractivity contribution in [3.63, 3.8) is 0 Å². The van der Waals surface area contributed by atoms with Crippen molar-refractivity contribution in [3.05, 3.63) is 35.1 Å². The first-order chi connectivity index (χ1) is 7.88. The molecule has 2 N–H and O–H groups in total. The summed E-state index contributed by atoms with van der Waals surface area (Å²) in [7, 11) is 0. The zero-order chi connectivity index (χ0) is 13.1. The second kappa shape index (κ2) is 6.95. The van der Waals surface area contributed by atoms with Crippen molar-refractivity contribution in [1.82, 2.24) is 0 Å². The van der Waals surface area contributed by atoms with Crippen molar-refractivity contribution in [2.24, 2.45) is 5.73 Å². The summed E-state index contributed by atoms with van der Waals surface area (Å²) in [5, 5.41) is 0. The van der Waals surface area contributed by atoms with Gasteiger partial charge in [-0.3, -0.25) is 0 Å². The Kier molecular flexibility index (Phi) is 6.63. The van der Waals surface area contributed by atoms with E-state index in [0.29, 0.717) is 6.42 Å². The van der Waals surface area contributed by atoms with Crippen molar-refractivity contribution in [2.45, 2.75) is 38.4 Å². The Morgan fingerprint density at radius 3 is 2.39 bits per heavy atom. The summed E-state index contributed by atoms with van der Waals surface area (Å²) < 4.78 is 51.3. The average molecular weight is 286 g/mol. The first-order valence-corrected chi connectivity index (χ1v) is 5.49. The Morgan fingerprint density at radius 2 is 1.89 bits per heavy atom. The van der Waals surface area contributed by atoms with E-state index in [1.165, 1.54) is 12.1 Å². The number of halogens is 5. The van der Waals surface area contributed by atoms with Gasteiger partial charge in [-0.15, -0.1) is 12.4 Å². The van der Waals surface area contributed by atoms with Crippen LogP contribution in [0, 0.1) is 5.82 Å². The van der Waals surface area contributed by atoms with Crippen molar-refractivity contribution in [2.75, 3.05) is 0 Å². The van der Waals surface area contributed by atoms with Gasteiger partial charge in [-0.1, -0.05) is 31.9 Å². The lowest BCUT2D eigenvalue weighted by Crippen LogP contribution is -2.19. The molecule has 1 aromatic carbocycles. The normalized spacial score (nSPS) is 13.0. The molecule has 1 nitrogen and oxygen atoms in total. The fraction of sp³-hybridized carbons (Fsp3) is 0.500. The minimum absolute atomic E-state index is 0. The minimum Gasteiger partial charge on any atom is -0.324 e. The Balaban J connectivity index is 0.00000289. The first-order valence-electron chi connectivity index (χ1n) is 5.49. The van der Waals surface area contributed by atoms with Gasteiger partial charge in [-0.2, -0.15) is 13.2 Å². The van der Waals surface area contributed by atoms with Crippen molar-refractivity contribution in [3.8, 4) is 0 Å². The fourth-order valence-corrected chi connectivity index (χ4v) is 1.73. The molecule has 18 heavy (non-hydrogen) atoms. The van der Waals surface area contributed by atoms with Gasteiger partial charge in [0.25, 0.3) is 0 Å². The van der Waals surface area contributed by atoms with Crippen LogP contribution in [0.5, 0.6) is 0 Å². The van der Waals surface area contributed by atoms with Crippen LogP contribution in [0.4, 0.5) is 17.6 Å². The van der Waals surface area contributed by atoms with E-state index in [2.05, 4.69) is 0 Å². The molecular formula is C12H16ClF4N. The molecule has 1 aromatic rings. The monoisotopic (exact) mass is 285 g/mol. The molecule has 1 rings (SSSR count). The van der Waals surface area contributed by atoms with E-state index in [4.69, 9.17) is 5.73 Å². The maximum absolute atomic E-state index is 13.3. The fourth-order valence-electron chi connectivity index (χ4n) is 1.73. The molecule has 0 heterocycles. The molecule has 0 fully saturated rings. The second-order valence-corrected chi connectivity index (χ2v) is 3.95. The number of unbranched alkanes of at least 4 members (excludes halogenated alkanes) is 1. The summed E-state index contributed by atoms with van der Waals surface area (Å²) in [5.74, 6) is -1.26. The first kappa shape index (κ1) is 17.2. The lowest BCUT2D eigenvalue weighted by atomic mass is 9.96. The maximum atomic E-state index is 13.3. The van der Waals surface area contributed by atoms with E-state index < -0.39 is 23.6 Å². The molecule has 0 saturated heterocycles. The van der Waals surface area contributed by atoms with Crippen LogP contribution in [0.2, 0.25) is 0 Å². The van der Waals surface area contributed by atoms with Gasteiger partial charge >= 0.3 is 6.18 Å². The highest BCUT2D eigenvalue weighted by Gasteiger charge is 2.37. The number of rotatable bonds is 4. The average Bonchev–Trinajstić information content (AvgIpc) is 2.23. The van der Waals surface area contributed by atoms with E-state index in [1.54, 1.807) is 0 Å². The van der Waals surface area contributed by atoms with Crippen LogP contribution < -0.4 is 5.73 Å². The van der Waals surface area contributed by atoms with Crippen molar-refractivity contribution in [1.29, 1.82) is 0 Å². The van der Waals surface area contributed by atoms with E-state index in [-0.39, 0.29) is 18.0 Å². The van der Waals surface area contributed by atoms with E-state index >= 15 is 0 Å². The van der Waals surface area contributed by atoms with Crippen LogP contribution in [0.25, 0.3) is 0 Å². The molecule has 0 aliphatic heterocycles. The predicted octanol–water partition coefficient (Wildman–Crippen LogP) is 4.46. The predicted molar refractivity (Wildman–Crippen MR) is 65.1 cm³/mol. The van der Waals surface area contributed by atoms with Gasteiger partial charge in [0.2, 0.25) is 0 Å². The quantitative estimate of drug-likeness (QED) is 0.812. The van der Waals surface area contributed by atoms with Crippen LogP contribution in [0.1, 0.15) is 43.4 Å². The highest BCUT2D eigenvalue weighted by Crippen LogP contribution is 2.36. The second-order valence-electron chi connectivity index (χ2n) is 3.95. The number of nitrogens with two attached hydrogens (primary N) is 1. The molecular weight excluding hydrogens is 270 g/mol. The lowest BCUT2D eigenvalue weighted by molar-refractivity contribution is -0.140. The molecule has 1 atom stereocenters. The lowest BCUT2D eigenvalue weighted by Gasteiger charge is -2.18. The summed E-state index contributed by atoms with van der Waals surface area (Å²) in [5.41, 5.74) is 4.29. The molecule has 104 valence electrons. The van der Waals surface area contributed by atoms with Crippen LogP contribution in [-0.2, 0) is 6.18 Å². The third-order valence-electron chi connectivity index (χ3n) is 2.60. The molecule has 0 bridgehead atoms. The molecule has 0 amide bonds. The number of hydrogen-bond acceptors (Lipinski definition) is 1. The van der Waals surface area contributed by atoms with E-state index in [9.17, 15) is 17.6 Å². The van der Waals surface area contributed by atoms with Gasteiger partial charge < -0.3 is 5.73 Å². The van der Waals surface area contributed by atoms with Crippen LogP contribution in [0.15, 0.2) is 18.2 Å². The van der Waals surface area contributed by atoms with Gasteiger partial charge in [0.1, 0.15) is 5.82 Å². The van der Waals surface area contributed by atoms with Gasteiger partial charge in [0.05, 0.1) is 5.56 Å². The van der Waals surface area contributed by atoms with Gasteiger partial charge in [0, 0.05) is 6.04 Å². The summed E-state index contributed by atoms with van der Waals surface area (Å²) in [4.78, 5) is 0. The maximum Gasteiger partial charge on any atom is 0.419 e. The molecule has 0 aliphatic carbocycles. The number of hydrogen-bond donors (Lipinski definition) is 1. The summed E-state index contributed by atoms with van der Waals surface area (Å²) in [6, 6.07) is 2.53. The Bertz CT molecular complexity index is 379. The van der Waals surface area contributed by atoms with E-state index in [0.717, 1.165) is 18.9 Å². The highest BCUT2D eigenvalue weighted by atomic mass is 35.5. The topological polar surface area (TPSA) is 26.0 Å². The third kappa shape index (κ3) is 4.14. The van der Waals surface area contributed by atoms with Crippen LogP contribution in [0.3, 0.4) is 0 Å². The molecule has 6 heteroatoms. The third-order valence-corrected chi connectivity index (χ3v) is 2.60. The minimum atomic E-state index is -4.70. The smallest absolute Gasteiger partial charge is 0.324 e. The van der Waals surface area contributed by atoms with Gasteiger partial charge in [-0.05, 0) is 18.1 Å². The summed E-state index contributed by atoms with van der Waals surface area (Å²) >= 11 is 0.